The first-order valence-corrected chi connectivity index (χ1v) is 10.5. The monoisotopic (exact) mass is 440 g/mol. The average Bonchev–Trinajstić information content (AvgIpc) is 2.90. The standard InChI is InChI=1S/C14H12O2.C13H10O.C2H6O/c15-13(11-7-3-1-4-8-11)14(16)12-9-5-2-6-10-12;14-13(11-7-3-1-4-8-11)12-9-5-2-6-10-12;1-3-2/h1-10,13,15H;1-10H;1-2H3. The highest BCUT2D eigenvalue weighted by molar-refractivity contribution is 6.08. The molecule has 0 saturated carbocycles. The van der Waals surface area contributed by atoms with Crippen molar-refractivity contribution < 1.29 is 19.4 Å². The molecule has 0 aliphatic heterocycles. The van der Waals surface area contributed by atoms with E-state index < -0.39 is 6.10 Å². The van der Waals surface area contributed by atoms with E-state index in [0.717, 1.165) is 11.1 Å². The van der Waals surface area contributed by atoms with Gasteiger partial charge in [0.2, 0.25) is 0 Å². The van der Waals surface area contributed by atoms with Gasteiger partial charge in [-0.1, -0.05) is 121 Å². The lowest BCUT2D eigenvalue weighted by atomic mass is 10.0. The van der Waals surface area contributed by atoms with E-state index in [4.69, 9.17) is 0 Å². The number of hydrogen-bond acceptors (Lipinski definition) is 4. The Hall–Kier alpha value is -3.86. The molecule has 0 fully saturated rings. The number of hydrogen-bond donors (Lipinski definition) is 1. The molecule has 0 radical (unpaired) electrons. The summed E-state index contributed by atoms with van der Waals surface area (Å²) in [5.41, 5.74) is 2.62. The van der Waals surface area contributed by atoms with Gasteiger partial charge in [-0.15, -0.1) is 0 Å². The first kappa shape index (κ1) is 25.4. The molecule has 1 unspecified atom stereocenters. The summed E-state index contributed by atoms with van der Waals surface area (Å²) in [7, 11) is 3.25. The van der Waals surface area contributed by atoms with E-state index in [0.29, 0.717) is 11.1 Å². The molecule has 0 saturated heterocycles. The molecular formula is C29H28O4. The van der Waals surface area contributed by atoms with Gasteiger partial charge in [0.05, 0.1) is 0 Å². The van der Waals surface area contributed by atoms with Crippen LogP contribution in [-0.2, 0) is 4.74 Å². The smallest absolute Gasteiger partial charge is 0.195 e. The summed E-state index contributed by atoms with van der Waals surface area (Å²) >= 11 is 0. The number of carbonyl (C=O) groups is 2. The zero-order chi connectivity index (χ0) is 23.9. The SMILES string of the molecule is COC.O=C(c1ccccc1)C(O)c1ccccc1.O=C(c1ccccc1)c1ccccc1. The lowest BCUT2D eigenvalue weighted by Crippen LogP contribution is -2.11. The lowest BCUT2D eigenvalue weighted by Gasteiger charge is -2.09. The van der Waals surface area contributed by atoms with Crippen LogP contribution in [0.3, 0.4) is 0 Å². The van der Waals surface area contributed by atoms with Crippen molar-refractivity contribution in [2.45, 2.75) is 6.10 Å². The molecule has 1 N–H and O–H groups in total. The van der Waals surface area contributed by atoms with Gasteiger partial charge in [0, 0.05) is 30.9 Å². The Kier molecular flexibility index (Phi) is 11.0. The van der Waals surface area contributed by atoms with E-state index in [2.05, 4.69) is 4.74 Å². The highest BCUT2D eigenvalue weighted by Crippen LogP contribution is 2.17. The van der Waals surface area contributed by atoms with Gasteiger partial charge in [0.25, 0.3) is 0 Å². The van der Waals surface area contributed by atoms with E-state index in [1.807, 2.05) is 72.8 Å². The van der Waals surface area contributed by atoms with Crippen LogP contribution in [0.2, 0.25) is 0 Å². The molecule has 0 aliphatic rings. The molecule has 0 aliphatic carbocycles. The van der Waals surface area contributed by atoms with Crippen LogP contribution in [0.25, 0.3) is 0 Å². The molecule has 1 atom stereocenters. The molecule has 0 aromatic heterocycles. The normalized spacial score (nSPS) is 10.5. The first-order valence-electron chi connectivity index (χ1n) is 10.5. The van der Waals surface area contributed by atoms with Crippen molar-refractivity contribution in [3.05, 3.63) is 144 Å². The second-order valence-electron chi connectivity index (χ2n) is 7.01. The van der Waals surface area contributed by atoms with E-state index in [9.17, 15) is 14.7 Å². The van der Waals surface area contributed by atoms with E-state index in [-0.39, 0.29) is 11.6 Å². The number of Topliss-reactive ketones (excluding diaryl/α,β-unsaturated/α-hetero) is 1. The Labute approximate surface area is 195 Å². The number of carbonyl (C=O) groups excluding carboxylic acids is 2. The Morgan fingerprint density at radius 2 is 0.879 bits per heavy atom. The van der Waals surface area contributed by atoms with Crippen molar-refractivity contribution in [2.24, 2.45) is 0 Å². The van der Waals surface area contributed by atoms with Gasteiger partial charge in [-0.25, -0.2) is 0 Å². The predicted octanol–water partition coefficient (Wildman–Crippen LogP) is 5.78. The highest BCUT2D eigenvalue weighted by atomic mass is 16.4. The number of ether oxygens (including phenoxy) is 1. The Morgan fingerprint density at radius 3 is 1.24 bits per heavy atom. The summed E-state index contributed by atoms with van der Waals surface area (Å²) in [6, 6.07) is 36.4. The summed E-state index contributed by atoms with van der Waals surface area (Å²) in [4.78, 5) is 23.7. The fourth-order valence-electron chi connectivity index (χ4n) is 2.89. The molecule has 4 aromatic rings. The molecule has 168 valence electrons. The maximum absolute atomic E-state index is 11.9. The van der Waals surface area contributed by atoms with Gasteiger partial charge in [0.15, 0.2) is 11.6 Å². The van der Waals surface area contributed by atoms with Crippen LogP contribution >= 0.6 is 0 Å². The third kappa shape index (κ3) is 8.30. The van der Waals surface area contributed by atoms with E-state index in [1.54, 1.807) is 62.8 Å². The molecule has 4 heteroatoms. The van der Waals surface area contributed by atoms with Crippen LogP contribution in [0.5, 0.6) is 0 Å². The van der Waals surface area contributed by atoms with Crippen molar-refractivity contribution in [3.63, 3.8) is 0 Å². The van der Waals surface area contributed by atoms with E-state index in [1.165, 1.54) is 0 Å². The van der Waals surface area contributed by atoms with Gasteiger partial charge >= 0.3 is 0 Å². The summed E-state index contributed by atoms with van der Waals surface area (Å²) in [6.07, 6.45) is -1.08. The molecule has 4 nitrogen and oxygen atoms in total. The highest BCUT2D eigenvalue weighted by Gasteiger charge is 2.18. The zero-order valence-corrected chi connectivity index (χ0v) is 18.8. The topological polar surface area (TPSA) is 63.6 Å². The number of rotatable bonds is 5. The Morgan fingerprint density at radius 1 is 0.576 bits per heavy atom. The third-order valence-corrected chi connectivity index (χ3v) is 4.49. The van der Waals surface area contributed by atoms with Crippen LogP contribution in [-0.4, -0.2) is 30.9 Å². The van der Waals surface area contributed by atoms with Crippen LogP contribution in [0.4, 0.5) is 0 Å². The predicted molar refractivity (Wildman–Crippen MR) is 131 cm³/mol. The van der Waals surface area contributed by atoms with Gasteiger partial charge in [-0.2, -0.15) is 0 Å². The lowest BCUT2D eigenvalue weighted by molar-refractivity contribution is 0.0747. The van der Waals surface area contributed by atoms with Gasteiger partial charge in [-0.05, 0) is 5.56 Å². The molecule has 33 heavy (non-hydrogen) atoms. The van der Waals surface area contributed by atoms with Crippen molar-refractivity contribution in [3.8, 4) is 0 Å². The van der Waals surface area contributed by atoms with Crippen LogP contribution in [0.1, 0.15) is 37.9 Å². The van der Waals surface area contributed by atoms with Crippen LogP contribution in [0, 0.1) is 0 Å². The fourth-order valence-corrected chi connectivity index (χ4v) is 2.89. The van der Waals surface area contributed by atoms with E-state index >= 15 is 0 Å². The number of aliphatic hydroxyl groups is 1. The summed E-state index contributed by atoms with van der Waals surface area (Å²) < 4.78 is 4.25. The Bertz CT molecular complexity index is 1040. The maximum atomic E-state index is 11.9. The van der Waals surface area contributed by atoms with Crippen molar-refractivity contribution >= 4 is 11.6 Å². The third-order valence-electron chi connectivity index (χ3n) is 4.49. The van der Waals surface area contributed by atoms with Crippen LogP contribution in [0.15, 0.2) is 121 Å². The fraction of sp³-hybridized carbons (Fsp3) is 0.103. The molecule has 0 spiro atoms. The molecule has 0 amide bonds. The zero-order valence-electron chi connectivity index (χ0n) is 18.8. The Balaban J connectivity index is 0.000000210. The number of ketones is 2. The van der Waals surface area contributed by atoms with Crippen molar-refractivity contribution in [2.75, 3.05) is 14.2 Å². The second-order valence-corrected chi connectivity index (χ2v) is 7.01. The van der Waals surface area contributed by atoms with Crippen LogP contribution < -0.4 is 0 Å². The second kappa shape index (κ2) is 14.2. The largest absolute Gasteiger partial charge is 0.388 e. The minimum atomic E-state index is -1.08. The summed E-state index contributed by atoms with van der Waals surface area (Å²) in [5.74, 6) is -0.196. The first-order chi connectivity index (χ1) is 16.1. The minimum absolute atomic E-state index is 0.0752. The number of aliphatic hydroxyl groups excluding tert-OH is 1. The quantitative estimate of drug-likeness (QED) is 0.399. The molecular weight excluding hydrogens is 412 g/mol. The molecule has 4 aromatic carbocycles. The van der Waals surface area contributed by atoms with Gasteiger partial charge < -0.3 is 9.84 Å². The number of methoxy groups -OCH3 is 1. The molecule has 4 rings (SSSR count). The average molecular weight is 441 g/mol. The molecule has 0 heterocycles. The van der Waals surface area contributed by atoms with Gasteiger partial charge in [-0.3, -0.25) is 9.59 Å². The minimum Gasteiger partial charge on any atom is -0.388 e. The number of benzene rings is 4. The summed E-state index contributed by atoms with van der Waals surface area (Å²) in [5, 5.41) is 9.89. The van der Waals surface area contributed by atoms with Crippen molar-refractivity contribution in [1.29, 1.82) is 0 Å². The van der Waals surface area contributed by atoms with Crippen molar-refractivity contribution in [1.82, 2.24) is 0 Å². The van der Waals surface area contributed by atoms with Gasteiger partial charge in [0.1, 0.15) is 6.10 Å². The molecule has 0 bridgehead atoms. The maximum Gasteiger partial charge on any atom is 0.195 e. The summed E-state index contributed by atoms with van der Waals surface area (Å²) in [6.45, 7) is 0.